The Balaban J connectivity index is 1.28. The number of imidazole rings is 1. The number of hydrogen-bond acceptors (Lipinski definition) is 5. The van der Waals surface area contributed by atoms with Crippen molar-refractivity contribution in [3.8, 4) is 11.4 Å². The number of amides is 3. The fraction of sp³-hybridized carbons (Fsp3) is 0.143. The highest BCUT2D eigenvalue weighted by atomic mass is 32.1. The van der Waals surface area contributed by atoms with Crippen LogP contribution in [0.1, 0.15) is 5.69 Å². The molecule has 2 aromatic carbocycles. The number of H-pyrrole nitrogens is 1. The average Bonchev–Trinajstić information content (AvgIpc) is 3.47. The van der Waals surface area contributed by atoms with Gasteiger partial charge >= 0.3 is 6.03 Å². The number of hydrogen-bond donors (Lipinski definition) is 3. The minimum Gasteiger partial charge on any atom is -0.338 e. The summed E-state index contributed by atoms with van der Waals surface area (Å²) < 4.78 is 13.5. The fourth-order valence-electron chi connectivity index (χ4n) is 3.39. The van der Waals surface area contributed by atoms with Gasteiger partial charge < -0.3 is 15.6 Å². The molecule has 0 spiro atoms. The number of carbonyl (C=O) groups is 2. The van der Waals surface area contributed by atoms with E-state index >= 15 is 0 Å². The van der Waals surface area contributed by atoms with E-state index in [2.05, 4.69) is 25.6 Å². The van der Waals surface area contributed by atoms with Crippen LogP contribution in [0.15, 0.2) is 47.8 Å². The summed E-state index contributed by atoms with van der Waals surface area (Å²) in [5, 5.41) is 7.95. The number of fused-ring (bicyclic) bond motifs is 1. The van der Waals surface area contributed by atoms with Crippen molar-refractivity contribution in [1.82, 2.24) is 20.3 Å². The lowest BCUT2D eigenvalue weighted by Gasteiger charge is -2.08. The Hall–Kier alpha value is -3.79. The van der Waals surface area contributed by atoms with Crippen LogP contribution in [0.3, 0.4) is 0 Å². The predicted octanol–water partition coefficient (Wildman–Crippen LogP) is 3.54. The van der Waals surface area contributed by atoms with E-state index in [1.54, 1.807) is 40.6 Å². The van der Waals surface area contributed by atoms with Crippen molar-refractivity contribution in [3.05, 3.63) is 59.4 Å². The molecule has 0 aliphatic carbocycles. The fourth-order valence-corrected chi connectivity index (χ4v) is 4.23. The smallest absolute Gasteiger partial charge is 0.323 e. The van der Waals surface area contributed by atoms with Crippen LogP contribution in [-0.4, -0.2) is 40.0 Å². The number of anilines is 2. The molecule has 5 rings (SSSR count). The third-order valence-electron chi connectivity index (χ3n) is 4.83. The molecule has 0 bridgehead atoms. The van der Waals surface area contributed by atoms with Gasteiger partial charge in [0.25, 0.3) is 0 Å². The lowest BCUT2D eigenvalue weighted by Crippen LogP contribution is -2.27. The molecule has 8 nitrogen and oxygen atoms in total. The molecule has 1 saturated heterocycles. The molecule has 4 aromatic rings. The standard InChI is InChI=1S/C21H17FN6O2S/c22-13-3-1-2-12(8-13)19-26-16-5-4-14(9-17(16)27-19)24-18(29)10-15-11-31-21(25-15)28-7-6-23-20(28)30/h1-5,8-9,11H,6-7,10H2,(H,23,30)(H,24,29)(H,26,27). The molecule has 31 heavy (non-hydrogen) atoms. The van der Waals surface area contributed by atoms with Gasteiger partial charge in [0.2, 0.25) is 5.91 Å². The van der Waals surface area contributed by atoms with Gasteiger partial charge in [-0.15, -0.1) is 11.3 Å². The van der Waals surface area contributed by atoms with Crippen LogP contribution < -0.4 is 15.5 Å². The monoisotopic (exact) mass is 436 g/mol. The second-order valence-corrected chi connectivity index (χ2v) is 7.89. The Kier molecular flexibility index (Phi) is 4.83. The van der Waals surface area contributed by atoms with Gasteiger partial charge in [0.05, 0.1) is 23.1 Å². The molecule has 3 N–H and O–H groups in total. The second-order valence-electron chi connectivity index (χ2n) is 7.06. The van der Waals surface area contributed by atoms with Crippen molar-refractivity contribution in [2.45, 2.75) is 6.42 Å². The highest BCUT2D eigenvalue weighted by Crippen LogP contribution is 2.25. The van der Waals surface area contributed by atoms with E-state index < -0.39 is 0 Å². The number of halogens is 1. The van der Waals surface area contributed by atoms with Crippen LogP contribution in [-0.2, 0) is 11.2 Å². The molecule has 1 fully saturated rings. The molecule has 1 aliphatic rings. The Morgan fingerprint density at radius 3 is 2.94 bits per heavy atom. The number of nitrogens with zero attached hydrogens (tertiary/aromatic N) is 3. The largest absolute Gasteiger partial charge is 0.338 e. The van der Waals surface area contributed by atoms with Gasteiger partial charge in [-0.05, 0) is 30.3 Å². The van der Waals surface area contributed by atoms with E-state index in [4.69, 9.17) is 0 Å². The minimum atomic E-state index is -0.332. The second kappa shape index (κ2) is 7.80. The molecule has 3 heterocycles. The third kappa shape index (κ3) is 3.97. The number of nitrogens with one attached hydrogen (secondary N) is 3. The van der Waals surface area contributed by atoms with Crippen LogP contribution in [0.4, 0.5) is 20.0 Å². The Bertz CT molecular complexity index is 1300. The van der Waals surface area contributed by atoms with Gasteiger partial charge in [-0.3, -0.25) is 9.69 Å². The van der Waals surface area contributed by atoms with Crippen molar-refractivity contribution in [2.24, 2.45) is 0 Å². The quantitative estimate of drug-likeness (QED) is 0.445. The number of carbonyl (C=O) groups excluding carboxylic acids is 2. The van der Waals surface area contributed by atoms with Crippen LogP contribution in [0.5, 0.6) is 0 Å². The summed E-state index contributed by atoms with van der Waals surface area (Å²) >= 11 is 1.34. The molecule has 2 aromatic heterocycles. The van der Waals surface area contributed by atoms with Gasteiger partial charge in [0.1, 0.15) is 11.6 Å². The zero-order chi connectivity index (χ0) is 21.4. The maximum atomic E-state index is 13.5. The summed E-state index contributed by atoms with van der Waals surface area (Å²) in [5.74, 6) is 0.00679. The van der Waals surface area contributed by atoms with Crippen LogP contribution >= 0.6 is 11.3 Å². The zero-order valence-corrected chi connectivity index (χ0v) is 17.0. The van der Waals surface area contributed by atoms with Gasteiger partial charge in [-0.25, -0.2) is 19.2 Å². The predicted molar refractivity (Wildman–Crippen MR) is 117 cm³/mol. The number of thiazole rings is 1. The number of aromatic amines is 1. The van der Waals surface area contributed by atoms with Gasteiger partial charge in [0.15, 0.2) is 5.13 Å². The summed E-state index contributed by atoms with van der Waals surface area (Å²) in [5.41, 5.74) is 3.31. The van der Waals surface area contributed by atoms with Gasteiger partial charge in [0, 0.05) is 29.7 Å². The minimum absolute atomic E-state index is 0.0987. The van der Waals surface area contributed by atoms with Crippen LogP contribution in [0.25, 0.3) is 22.4 Å². The molecule has 156 valence electrons. The molecule has 0 radical (unpaired) electrons. The van der Waals surface area contributed by atoms with E-state index in [-0.39, 0.29) is 24.2 Å². The third-order valence-corrected chi connectivity index (χ3v) is 5.75. The summed E-state index contributed by atoms with van der Waals surface area (Å²) in [6.07, 6.45) is 0.0987. The normalized spacial score (nSPS) is 13.6. The first-order valence-electron chi connectivity index (χ1n) is 9.60. The lowest BCUT2D eigenvalue weighted by atomic mass is 10.2. The first kappa shape index (κ1) is 19.2. The summed E-state index contributed by atoms with van der Waals surface area (Å²) in [6, 6.07) is 11.4. The van der Waals surface area contributed by atoms with E-state index in [0.29, 0.717) is 46.5 Å². The molecule has 3 amide bonds. The first-order chi connectivity index (χ1) is 15.0. The van der Waals surface area contributed by atoms with Crippen LogP contribution in [0, 0.1) is 5.82 Å². The summed E-state index contributed by atoms with van der Waals surface area (Å²) in [6.45, 7) is 1.16. The Morgan fingerprint density at radius 1 is 1.23 bits per heavy atom. The summed E-state index contributed by atoms with van der Waals surface area (Å²) in [4.78, 5) is 37.8. The van der Waals surface area contributed by atoms with Crippen LogP contribution in [0.2, 0.25) is 0 Å². The topological polar surface area (TPSA) is 103 Å². The number of urea groups is 1. The highest BCUT2D eigenvalue weighted by Gasteiger charge is 2.24. The van der Waals surface area contributed by atoms with E-state index in [9.17, 15) is 14.0 Å². The number of rotatable bonds is 5. The van der Waals surface area contributed by atoms with Gasteiger partial charge in [-0.2, -0.15) is 0 Å². The summed E-state index contributed by atoms with van der Waals surface area (Å²) in [7, 11) is 0. The van der Waals surface area contributed by atoms with Crippen molar-refractivity contribution in [1.29, 1.82) is 0 Å². The molecule has 0 saturated carbocycles. The first-order valence-corrected chi connectivity index (χ1v) is 10.5. The molecule has 10 heteroatoms. The highest BCUT2D eigenvalue weighted by molar-refractivity contribution is 7.14. The lowest BCUT2D eigenvalue weighted by molar-refractivity contribution is -0.115. The van der Waals surface area contributed by atoms with Crippen molar-refractivity contribution in [3.63, 3.8) is 0 Å². The Morgan fingerprint density at radius 2 is 2.13 bits per heavy atom. The molecule has 0 atom stereocenters. The zero-order valence-electron chi connectivity index (χ0n) is 16.2. The number of aromatic nitrogens is 3. The number of benzene rings is 2. The molecular formula is C21H17FN6O2S. The van der Waals surface area contributed by atoms with Gasteiger partial charge in [-0.1, -0.05) is 12.1 Å². The van der Waals surface area contributed by atoms with E-state index in [0.717, 1.165) is 5.52 Å². The molecule has 1 aliphatic heterocycles. The van der Waals surface area contributed by atoms with Crippen molar-refractivity contribution in [2.75, 3.05) is 23.3 Å². The van der Waals surface area contributed by atoms with E-state index in [1.165, 1.54) is 23.5 Å². The molecular weight excluding hydrogens is 419 g/mol. The SMILES string of the molecule is O=C(Cc1csc(N2CCNC2=O)n1)Nc1ccc2nc(-c3cccc(F)c3)[nH]c2c1. The van der Waals surface area contributed by atoms with Crippen molar-refractivity contribution < 1.29 is 14.0 Å². The average molecular weight is 436 g/mol. The maximum absolute atomic E-state index is 13.5. The van der Waals surface area contributed by atoms with Crippen molar-refractivity contribution >= 4 is 45.1 Å². The maximum Gasteiger partial charge on any atom is 0.323 e. The van der Waals surface area contributed by atoms with E-state index in [1.807, 2.05) is 0 Å². The Labute approximate surface area is 180 Å². The molecule has 0 unspecified atom stereocenters.